The fraction of sp³-hybridized carbons (Fsp3) is 0.263. The fourth-order valence-electron chi connectivity index (χ4n) is 2.39. The van der Waals surface area contributed by atoms with Crippen LogP contribution in [0.5, 0.6) is 5.75 Å². The van der Waals surface area contributed by atoms with Gasteiger partial charge in [-0.25, -0.2) is 0 Å². The van der Waals surface area contributed by atoms with Crippen LogP contribution in [0.3, 0.4) is 0 Å². The second-order valence-electron chi connectivity index (χ2n) is 5.73. The van der Waals surface area contributed by atoms with Gasteiger partial charge < -0.3 is 10.1 Å². The molecule has 6 heteroatoms. The van der Waals surface area contributed by atoms with E-state index in [4.69, 9.17) is 10.00 Å². The van der Waals surface area contributed by atoms with Gasteiger partial charge in [0.05, 0.1) is 24.8 Å². The number of nitriles is 1. The fourth-order valence-corrected chi connectivity index (χ4v) is 2.80. The van der Waals surface area contributed by atoms with Crippen LogP contribution in [0.4, 0.5) is 5.69 Å². The van der Waals surface area contributed by atoms with Crippen LogP contribution in [0.2, 0.25) is 0 Å². The van der Waals surface area contributed by atoms with Gasteiger partial charge in [0.25, 0.3) is 0 Å². The number of methoxy groups -OCH3 is 1. The van der Waals surface area contributed by atoms with Gasteiger partial charge in [0, 0.05) is 22.3 Å². The standard InChI is InChI=1S/C19H20BrN3O2/c1-13(19(24)22-17-6-4-5-14(9-17)11-21)23(2)12-15-10-16(20)7-8-18(15)25-3/h4-10,13H,12H2,1-3H3,(H,22,24)/t13-/m0/s1. The molecule has 130 valence electrons. The number of rotatable bonds is 6. The summed E-state index contributed by atoms with van der Waals surface area (Å²) in [6.07, 6.45) is 0. The number of likely N-dealkylation sites (N-methyl/N-ethyl adjacent to an activating group) is 1. The van der Waals surface area contributed by atoms with E-state index in [0.717, 1.165) is 15.8 Å². The van der Waals surface area contributed by atoms with Crippen LogP contribution in [-0.2, 0) is 11.3 Å². The Kier molecular flexibility index (Phi) is 6.57. The number of hydrogen-bond donors (Lipinski definition) is 1. The number of benzene rings is 2. The largest absolute Gasteiger partial charge is 0.496 e. The molecule has 2 rings (SSSR count). The van der Waals surface area contributed by atoms with Crippen LogP contribution in [0.15, 0.2) is 46.9 Å². The first-order chi connectivity index (χ1) is 11.9. The highest BCUT2D eigenvalue weighted by molar-refractivity contribution is 9.10. The molecule has 25 heavy (non-hydrogen) atoms. The van der Waals surface area contributed by atoms with E-state index in [-0.39, 0.29) is 11.9 Å². The zero-order valence-corrected chi connectivity index (χ0v) is 16.0. The molecule has 0 bridgehead atoms. The highest BCUT2D eigenvalue weighted by atomic mass is 79.9. The summed E-state index contributed by atoms with van der Waals surface area (Å²) in [5.74, 6) is 0.649. The summed E-state index contributed by atoms with van der Waals surface area (Å²) >= 11 is 3.46. The Labute approximate surface area is 156 Å². The van der Waals surface area contributed by atoms with Gasteiger partial charge in [-0.3, -0.25) is 9.69 Å². The molecule has 0 aromatic heterocycles. The van der Waals surface area contributed by atoms with Crippen molar-refractivity contribution in [2.45, 2.75) is 19.5 Å². The molecular weight excluding hydrogens is 382 g/mol. The van der Waals surface area contributed by atoms with Gasteiger partial charge in [-0.1, -0.05) is 22.0 Å². The number of halogens is 1. The molecule has 1 amide bonds. The highest BCUT2D eigenvalue weighted by Gasteiger charge is 2.19. The minimum Gasteiger partial charge on any atom is -0.496 e. The van der Waals surface area contributed by atoms with Crippen molar-refractivity contribution in [3.8, 4) is 11.8 Å². The molecule has 1 N–H and O–H groups in total. The van der Waals surface area contributed by atoms with Crippen LogP contribution in [-0.4, -0.2) is 31.0 Å². The molecule has 2 aromatic rings. The Morgan fingerprint density at radius 1 is 1.36 bits per heavy atom. The number of nitrogens with zero attached hydrogens (tertiary/aromatic N) is 2. The maximum Gasteiger partial charge on any atom is 0.241 e. The topological polar surface area (TPSA) is 65.4 Å². The summed E-state index contributed by atoms with van der Waals surface area (Å²) < 4.78 is 6.34. The third-order valence-electron chi connectivity index (χ3n) is 3.96. The van der Waals surface area contributed by atoms with Gasteiger partial charge in [-0.05, 0) is 50.4 Å². The van der Waals surface area contributed by atoms with Gasteiger partial charge in [0.1, 0.15) is 5.75 Å². The summed E-state index contributed by atoms with van der Waals surface area (Å²) in [6.45, 7) is 2.41. The number of amides is 1. The molecule has 0 aliphatic carbocycles. The molecule has 0 unspecified atom stereocenters. The predicted molar refractivity (Wildman–Crippen MR) is 101 cm³/mol. The van der Waals surface area contributed by atoms with Crippen LogP contribution in [0, 0.1) is 11.3 Å². The average Bonchev–Trinajstić information content (AvgIpc) is 2.61. The van der Waals surface area contributed by atoms with Crippen molar-refractivity contribution in [2.75, 3.05) is 19.5 Å². The van der Waals surface area contributed by atoms with E-state index in [1.807, 2.05) is 37.1 Å². The van der Waals surface area contributed by atoms with Crippen LogP contribution in [0.25, 0.3) is 0 Å². The molecule has 0 saturated carbocycles. The van der Waals surface area contributed by atoms with E-state index in [1.165, 1.54) is 0 Å². The lowest BCUT2D eigenvalue weighted by Gasteiger charge is -2.25. The maximum absolute atomic E-state index is 12.5. The molecule has 0 aliphatic rings. The number of carbonyl (C=O) groups is 1. The van der Waals surface area contributed by atoms with E-state index < -0.39 is 0 Å². The monoisotopic (exact) mass is 401 g/mol. The second-order valence-corrected chi connectivity index (χ2v) is 6.64. The van der Waals surface area contributed by atoms with Crippen molar-refractivity contribution in [3.63, 3.8) is 0 Å². The van der Waals surface area contributed by atoms with Crippen molar-refractivity contribution < 1.29 is 9.53 Å². The van der Waals surface area contributed by atoms with Crippen molar-refractivity contribution in [1.29, 1.82) is 5.26 Å². The first-order valence-corrected chi connectivity index (χ1v) is 8.57. The number of ether oxygens (including phenoxy) is 1. The number of nitrogens with one attached hydrogen (secondary N) is 1. The minimum absolute atomic E-state index is 0.133. The smallest absolute Gasteiger partial charge is 0.241 e. The SMILES string of the molecule is COc1ccc(Br)cc1CN(C)[C@@H](C)C(=O)Nc1cccc(C#N)c1. The van der Waals surface area contributed by atoms with Crippen LogP contribution in [0.1, 0.15) is 18.1 Å². The first kappa shape index (κ1) is 19.0. The molecule has 0 aliphatic heterocycles. The quantitative estimate of drug-likeness (QED) is 0.799. The molecule has 0 radical (unpaired) electrons. The van der Waals surface area contributed by atoms with Gasteiger partial charge >= 0.3 is 0 Å². The molecule has 1 atom stereocenters. The summed E-state index contributed by atoms with van der Waals surface area (Å²) in [4.78, 5) is 14.4. The molecular formula is C19H20BrN3O2. The Bertz CT molecular complexity index is 801. The van der Waals surface area contributed by atoms with Gasteiger partial charge in [0.15, 0.2) is 0 Å². The molecule has 0 fully saturated rings. The summed E-state index contributed by atoms with van der Waals surface area (Å²) in [5.41, 5.74) is 2.12. The third-order valence-corrected chi connectivity index (χ3v) is 4.46. The minimum atomic E-state index is -0.352. The van der Waals surface area contributed by atoms with Crippen molar-refractivity contribution in [3.05, 3.63) is 58.1 Å². The third kappa shape index (κ3) is 5.05. The summed E-state index contributed by atoms with van der Waals surface area (Å²) in [7, 11) is 3.52. The van der Waals surface area contributed by atoms with Gasteiger partial charge in [-0.2, -0.15) is 5.26 Å². The maximum atomic E-state index is 12.5. The Morgan fingerprint density at radius 2 is 2.12 bits per heavy atom. The first-order valence-electron chi connectivity index (χ1n) is 7.78. The summed E-state index contributed by atoms with van der Waals surface area (Å²) in [5, 5.41) is 11.8. The highest BCUT2D eigenvalue weighted by Crippen LogP contribution is 2.24. The zero-order chi connectivity index (χ0) is 18.4. The Balaban J connectivity index is 2.06. The average molecular weight is 402 g/mol. The lowest BCUT2D eigenvalue weighted by Crippen LogP contribution is -2.39. The lowest BCUT2D eigenvalue weighted by atomic mass is 10.1. The van der Waals surface area contributed by atoms with E-state index >= 15 is 0 Å². The second kappa shape index (κ2) is 8.65. The molecule has 0 saturated heterocycles. The van der Waals surface area contributed by atoms with Crippen molar-refractivity contribution >= 4 is 27.5 Å². The molecule has 0 heterocycles. The number of carbonyl (C=O) groups excluding carboxylic acids is 1. The Hall–Kier alpha value is -2.36. The zero-order valence-electron chi connectivity index (χ0n) is 14.4. The Morgan fingerprint density at radius 3 is 2.80 bits per heavy atom. The van der Waals surface area contributed by atoms with Crippen LogP contribution >= 0.6 is 15.9 Å². The van der Waals surface area contributed by atoms with E-state index in [2.05, 4.69) is 27.3 Å². The van der Waals surface area contributed by atoms with Crippen molar-refractivity contribution in [2.24, 2.45) is 0 Å². The van der Waals surface area contributed by atoms with Gasteiger partial charge in [-0.15, -0.1) is 0 Å². The van der Waals surface area contributed by atoms with E-state index in [1.54, 1.807) is 31.4 Å². The van der Waals surface area contributed by atoms with E-state index in [0.29, 0.717) is 17.8 Å². The predicted octanol–water partition coefficient (Wildman–Crippen LogP) is 3.79. The normalized spacial score (nSPS) is 11.7. The van der Waals surface area contributed by atoms with Crippen molar-refractivity contribution in [1.82, 2.24) is 4.90 Å². The summed E-state index contributed by atoms with van der Waals surface area (Å²) in [6, 6.07) is 14.4. The molecule has 5 nitrogen and oxygen atoms in total. The molecule has 0 spiro atoms. The number of anilines is 1. The van der Waals surface area contributed by atoms with E-state index in [9.17, 15) is 4.79 Å². The molecule has 2 aromatic carbocycles. The number of hydrogen-bond acceptors (Lipinski definition) is 4. The van der Waals surface area contributed by atoms with Gasteiger partial charge in [0.2, 0.25) is 5.91 Å². The lowest BCUT2D eigenvalue weighted by molar-refractivity contribution is -0.120. The van der Waals surface area contributed by atoms with Crippen LogP contribution < -0.4 is 10.1 Å².